The van der Waals surface area contributed by atoms with Crippen LogP contribution in [0.3, 0.4) is 0 Å². The van der Waals surface area contributed by atoms with E-state index in [1.165, 1.54) is 0 Å². The second kappa shape index (κ2) is 25.8. The molecule has 0 rings (SSSR count). The van der Waals surface area contributed by atoms with Crippen molar-refractivity contribution in [1.82, 2.24) is 0 Å². The first-order valence-corrected chi connectivity index (χ1v) is 9.05. The van der Waals surface area contributed by atoms with Gasteiger partial charge in [0.2, 0.25) is 0 Å². The number of ether oxygens (including phenoxy) is 2. The predicted octanol–water partition coefficient (Wildman–Crippen LogP) is 4.75. The predicted molar refractivity (Wildman–Crippen MR) is 192 cm³/mol. The summed E-state index contributed by atoms with van der Waals surface area (Å²) >= 11 is 0. The molecule has 0 aromatic rings. The van der Waals surface area contributed by atoms with E-state index in [-0.39, 0.29) is 47.7 Å². The van der Waals surface area contributed by atoms with Gasteiger partial charge in [0.1, 0.15) is 6.61 Å². The van der Waals surface area contributed by atoms with Gasteiger partial charge >= 0.3 is 11.9 Å². The highest BCUT2D eigenvalue weighted by molar-refractivity contribution is 7.59. The molecule has 1 atom stereocenters. The van der Waals surface area contributed by atoms with Gasteiger partial charge in [0, 0.05) is 46.1 Å². The minimum atomic E-state index is -1.15. The Hall–Kier alpha value is -6.47. The van der Waals surface area contributed by atoms with Gasteiger partial charge < -0.3 is 14.6 Å². The monoisotopic (exact) mass is 542 g/mol. The van der Waals surface area contributed by atoms with Crippen LogP contribution in [0.4, 0.5) is 0 Å². The van der Waals surface area contributed by atoms with Crippen LogP contribution in [-0.4, -0.2) is 36.4 Å². The maximum absolute atomic E-state index is 11.6. The van der Waals surface area contributed by atoms with Gasteiger partial charge in [0.15, 0.2) is 6.10 Å². The van der Waals surface area contributed by atoms with E-state index in [2.05, 4.69) is 142 Å². The molecule has 0 spiro atoms. The standard InChI is InChI=1S/C31H8O5.H2S.24H2/c1-3-5-7-9-11-13-15-16-18-20-22-24-26-31(34)36-29(27-32)28-35-30(33)25-23-21-19-17-14-12-10-8-6-4-2;;;;;;;;;;;;;;;;;;;;;;;;;/h1-2,29,32H,27-28H2;1H2;24*1H/t29-;;;;;;;;;;;;;;;;;;;;;;;;;/m0........................./s1. The molecule has 0 aromatic heterocycles. The summed E-state index contributed by atoms with van der Waals surface area (Å²) in [7, 11) is 0. The molecule has 0 saturated heterocycles. The van der Waals surface area contributed by atoms with Gasteiger partial charge in [-0.3, -0.25) is 0 Å². The topological polar surface area (TPSA) is 72.8 Å². The van der Waals surface area contributed by atoms with Gasteiger partial charge in [0.05, 0.1) is 6.61 Å². The number of esters is 2. The smallest absolute Gasteiger partial charge is 0.385 e. The lowest BCUT2D eigenvalue weighted by atomic mass is 10.4. The Morgan fingerprint density at radius 2 is 0.919 bits per heavy atom. The SMILES string of the molecule is C#CC#CC#CC#CC#CC#CC#CC(=O)O[C@@H](CO)COC(=O)C#CC#CC#CC#CC#CC#C.S.[HH].[HH].[HH].[HH].[HH].[HH].[HH].[HH].[HH].[HH].[HH].[HH].[HH].[HH].[HH].[HH].[HH].[HH].[HH].[HH].[HH].[HH].[HH].[HH]. The fourth-order valence-electron chi connectivity index (χ4n) is 1.25. The third kappa shape index (κ3) is 24.0. The Bertz CT molecular complexity index is 1730. The van der Waals surface area contributed by atoms with E-state index in [0.717, 1.165) is 0 Å². The molecule has 0 aliphatic heterocycles. The van der Waals surface area contributed by atoms with Crippen molar-refractivity contribution in [1.29, 1.82) is 0 Å². The molecule has 1 N–H and O–H groups in total. The molecule has 0 unspecified atom stereocenters. The lowest BCUT2D eigenvalue weighted by Crippen LogP contribution is -2.27. The number of aliphatic hydroxyl groups excluding tert-OH is 1. The lowest BCUT2D eigenvalue weighted by molar-refractivity contribution is -0.153. The molecule has 218 valence electrons. The van der Waals surface area contributed by atoms with E-state index >= 15 is 0 Å². The van der Waals surface area contributed by atoms with Crippen molar-refractivity contribution in [3.63, 3.8) is 0 Å². The van der Waals surface area contributed by atoms with Crippen LogP contribution in [-0.2, 0) is 19.1 Å². The number of rotatable bonds is 4. The zero-order valence-electron chi connectivity index (χ0n) is 18.7. The van der Waals surface area contributed by atoms with Crippen LogP contribution < -0.4 is 0 Å². The number of hydrogen-bond acceptors (Lipinski definition) is 5. The largest absolute Gasteiger partial charge is 0.452 e. The van der Waals surface area contributed by atoms with Crippen LogP contribution in [0.2, 0.25) is 0 Å². The van der Waals surface area contributed by atoms with E-state index in [1.54, 1.807) is 0 Å². The number of terminal acetylenes is 2. The van der Waals surface area contributed by atoms with Crippen LogP contribution in [0.15, 0.2) is 0 Å². The summed E-state index contributed by atoms with van der Waals surface area (Å²) in [5.74, 6) is 53.1. The van der Waals surface area contributed by atoms with E-state index in [9.17, 15) is 14.7 Å². The van der Waals surface area contributed by atoms with Crippen LogP contribution in [0.25, 0.3) is 0 Å². The molecule has 0 saturated carbocycles. The van der Waals surface area contributed by atoms with Gasteiger partial charge in [-0.05, 0) is 130 Å². The van der Waals surface area contributed by atoms with Crippen LogP contribution in [0.1, 0.15) is 34.2 Å². The van der Waals surface area contributed by atoms with Crippen molar-refractivity contribution in [2.45, 2.75) is 6.10 Å². The number of carbonyl (C=O) groups excluding carboxylic acids is 2. The number of carbonyl (C=O) groups is 2. The van der Waals surface area contributed by atoms with Crippen LogP contribution in [0.5, 0.6) is 0 Å². The Labute approximate surface area is 259 Å². The number of aliphatic hydroxyl groups is 1. The summed E-state index contributed by atoms with van der Waals surface area (Å²) in [5.41, 5.74) is 0. The zero-order valence-corrected chi connectivity index (χ0v) is 19.7. The second-order valence-electron chi connectivity index (χ2n) is 4.85. The summed E-state index contributed by atoms with van der Waals surface area (Å²) in [6.45, 7) is -1.07. The van der Waals surface area contributed by atoms with Crippen molar-refractivity contribution in [2.24, 2.45) is 0 Å². The molecule has 0 heterocycles. The molecule has 6 heteroatoms. The first-order valence-electron chi connectivity index (χ1n) is 9.05. The molecule has 0 aliphatic carbocycles. The summed E-state index contributed by atoms with van der Waals surface area (Å²) < 4.78 is 9.58. The van der Waals surface area contributed by atoms with Crippen molar-refractivity contribution in [3.8, 4) is 155 Å². The normalized spacial score (nSPS) is 6.35. The Morgan fingerprint density at radius 3 is 1.27 bits per heavy atom. The molecule has 0 aromatic carbocycles. The maximum Gasteiger partial charge on any atom is 0.385 e. The van der Waals surface area contributed by atoms with E-state index in [1.807, 2.05) is 0 Å². The summed E-state index contributed by atoms with van der Waals surface area (Å²) in [6, 6.07) is 0. The average Bonchev–Trinajstić information content (AvgIpc) is 2.88. The minimum Gasteiger partial charge on any atom is -0.452 e. The third-order valence-corrected chi connectivity index (χ3v) is 2.48. The average molecular weight is 543 g/mol. The lowest BCUT2D eigenvalue weighted by Gasteiger charge is -2.12. The zero-order chi connectivity index (χ0) is 26.5. The molecular formula is C31H58O5S. The van der Waals surface area contributed by atoms with Crippen molar-refractivity contribution >= 4 is 25.4 Å². The van der Waals surface area contributed by atoms with Crippen molar-refractivity contribution < 1.29 is 58.4 Å². The van der Waals surface area contributed by atoms with E-state index < -0.39 is 31.3 Å². The van der Waals surface area contributed by atoms with Gasteiger partial charge in [-0.15, -0.1) is 12.8 Å². The Morgan fingerprint density at radius 1 is 0.595 bits per heavy atom. The summed E-state index contributed by atoms with van der Waals surface area (Å²) in [5, 5.41) is 9.22. The molecular weight excluding hydrogens is 484 g/mol. The quantitative estimate of drug-likeness (QED) is 0.315. The first-order chi connectivity index (χ1) is 17.6. The fraction of sp³-hybridized carbons (Fsp3) is 0.0968. The van der Waals surface area contributed by atoms with Crippen LogP contribution in [0, 0.1) is 155 Å². The van der Waals surface area contributed by atoms with E-state index in [4.69, 9.17) is 22.3 Å². The molecule has 0 fully saturated rings. The molecule has 37 heavy (non-hydrogen) atoms. The van der Waals surface area contributed by atoms with Gasteiger partial charge in [-0.1, -0.05) is 0 Å². The maximum atomic E-state index is 11.6. The van der Waals surface area contributed by atoms with E-state index in [0.29, 0.717) is 0 Å². The number of hydrogen-bond donors (Lipinski definition) is 1. The van der Waals surface area contributed by atoms with Gasteiger partial charge in [-0.2, -0.15) is 13.5 Å². The first kappa shape index (κ1) is 32.7. The fourth-order valence-corrected chi connectivity index (χ4v) is 1.25. The Balaban J connectivity index is -0.0000000204. The third-order valence-electron chi connectivity index (χ3n) is 2.48. The molecule has 0 bridgehead atoms. The minimum absolute atomic E-state index is 0. The molecule has 5 nitrogen and oxygen atoms in total. The second-order valence-corrected chi connectivity index (χ2v) is 4.85. The summed E-state index contributed by atoms with van der Waals surface area (Å²) in [6.07, 6.45) is 8.66. The van der Waals surface area contributed by atoms with Crippen molar-refractivity contribution in [2.75, 3.05) is 13.2 Å². The Kier molecular flexibility index (Phi) is 22.8. The van der Waals surface area contributed by atoms with Gasteiger partial charge in [-0.25, -0.2) is 9.59 Å². The highest BCUT2D eigenvalue weighted by Gasteiger charge is 2.14. The van der Waals surface area contributed by atoms with Gasteiger partial charge in [0.25, 0.3) is 0 Å². The van der Waals surface area contributed by atoms with Crippen molar-refractivity contribution in [3.05, 3.63) is 0 Å². The van der Waals surface area contributed by atoms with Crippen LogP contribution >= 0.6 is 13.5 Å². The summed E-state index contributed by atoms with van der Waals surface area (Å²) in [4.78, 5) is 23.1. The molecule has 0 aliphatic rings. The highest BCUT2D eigenvalue weighted by Crippen LogP contribution is 1.94. The highest BCUT2D eigenvalue weighted by atomic mass is 32.1. The molecule has 0 amide bonds. The molecule has 0 radical (unpaired) electrons.